The van der Waals surface area contributed by atoms with Gasteiger partial charge in [-0.2, -0.15) is 0 Å². The molecule has 0 spiro atoms. The lowest BCUT2D eigenvalue weighted by molar-refractivity contribution is -0.115. The number of carbonyl (C=O) groups is 1. The van der Waals surface area contributed by atoms with Crippen molar-refractivity contribution in [2.75, 3.05) is 6.61 Å². The second-order valence-electron chi connectivity index (χ2n) is 5.43. The molecule has 0 radical (unpaired) electrons. The zero-order valence-electron chi connectivity index (χ0n) is 14.2. The predicted molar refractivity (Wildman–Crippen MR) is 122 cm³/mol. The summed E-state index contributed by atoms with van der Waals surface area (Å²) < 4.78 is 6.47. The fourth-order valence-corrected chi connectivity index (χ4v) is 4.30. The van der Waals surface area contributed by atoms with Gasteiger partial charge in [0.05, 0.1) is 31.7 Å². The van der Waals surface area contributed by atoms with Crippen LogP contribution in [0.5, 0.6) is 11.5 Å². The first kappa shape index (κ1) is 21.5. The number of ether oxygens (including phenoxy) is 1. The first-order valence-electron chi connectivity index (χ1n) is 7.89. The minimum atomic E-state index is -0.295. The molecule has 1 amide bonds. The van der Waals surface area contributed by atoms with Gasteiger partial charge in [-0.25, -0.2) is 4.99 Å². The average molecular weight is 567 g/mol. The maximum absolute atomic E-state index is 12.4. The second kappa shape index (κ2) is 9.09. The van der Waals surface area contributed by atoms with Crippen LogP contribution in [0.4, 0.5) is 5.69 Å². The summed E-state index contributed by atoms with van der Waals surface area (Å²) in [6, 6.07) is 6.75. The van der Waals surface area contributed by atoms with Crippen LogP contribution in [-0.2, 0) is 4.79 Å². The van der Waals surface area contributed by atoms with Crippen molar-refractivity contribution in [1.29, 1.82) is 0 Å². The molecule has 0 aromatic heterocycles. The molecule has 1 fully saturated rings. The van der Waals surface area contributed by atoms with Gasteiger partial charge >= 0.3 is 0 Å². The van der Waals surface area contributed by atoms with Gasteiger partial charge in [-0.15, -0.1) is 0 Å². The monoisotopic (exact) mass is 564 g/mol. The largest absolute Gasteiger partial charge is 0.503 e. The summed E-state index contributed by atoms with van der Waals surface area (Å²) in [5, 5.41) is 13.9. The van der Waals surface area contributed by atoms with E-state index in [-0.39, 0.29) is 11.7 Å². The van der Waals surface area contributed by atoms with Crippen molar-refractivity contribution in [3.8, 4) is 11.5 Å². The highest BCUT2D eigenvalue weighted by molar-refractivity contribution is 9.13. The Morgan fingerprint density at radius 3 is 2.79 bits per heavy atom. The van der Waals surface area contributed by atoms with Crippen LogP contribution in [0.2, 0.25) is 10.0 Å². The van der Waals surface area contributed by atoms with Crippen molar-refractivity contribution in [3.05, 3.63) is 53.7 Å². The van der Waals surface area contributed by atoms with Crippen LogP contribution in [0.15, 0.2) is 43.1 Å². The maximum Gasteiger partial charge on any atom is 0.264 e. The Labute approximate surface area is 192 Å². The Balaban J connectivity index is 1.95. The van der Waals surface area contributed by atoms with Crippen LogP contribution < -0.4 is 10.1 Å². The summed E-state index contributed by atoms with van der Waals surface area (Å²) in [5.41, 5.74) is 1.12. The third-order valence-corrected chi connectivity index (χ3v) is 7.44. The molecule has 0 unspecified atom stereocenters. The molecule has 10 heteroatoms. The number of phenolic OH excluding ortho intramolecular Hbond substituents is 1. The van der Waals surface area contributed by atoms with Crippen molar-refractivity contribution in [3.63, 3.8) is 0 Å². The van der Waals surface area contributed by atoms with E-state index >= 15 is 0 Å². The van der Waals surface area contributed by atoms with Crippen LogP contribution in [0, 0.1) is 0 Å². The molecular weight excluding hydrogens is 555 g/mol. The first-order chi connectivity index (χ1) is 13.3. The minimum Gasteiger partial charge on any atom is -0.503 e. The second-order valence-corrected chi connectivity index (χ2v) is 8.83. The Morgan fingerprint density at radius 2 is 2.07 bits per heavy atom. The molecule has 28 heavy (non-hydrogen) atoms. The standard InChI is InChI=1S/C18H12Br2Cl2N2O3S/c1-2-27-11-6-8(13(19)14(20)16(11)25)7-12-17(26)24-18(28-12)23-10-5-3-4-9(21)15(10)22/h3-7,25H,2H2,1H3,(H,23,24,26)/b12-7+. The molecule has 1 saturated heterocycles. The van der Waals surface area contributed by atoms with Gasteiger partial charge in [0.2, 0.25) is 0 Å². The number of amides is 1. The highest BCUT2D eigenvalue weighted by atomic mass is 79.9. The lowest BCUT2D eigenvalue weighted by Crippen LogP contribution is -2.19. The van der Waals surface area contributed by atoms with E-state index in [1.54, 1.807) is 30.3 Å². The van der Waals surface area contributed by atoms with Crippen molar-refractivity contribution in [2.45, 2.75) is 6.92 Å². The number of thioether (sulfide) groups is 1. The Morgan fingerprint density at radius 1 is 1.32 bits per heavy atom. The quantitative estimate of drug-likeness (QED) is 0.414. The van der Waals surface area contributed by atoms with E-state index in [1.807, 2.05) is 6.92 Å². The van der Waals surface area contributed by atoms with E-state index in [9.17, 15) is 9.90 Å². The zero-order chi connectivity index (χ0) is 20.4. The highest BCUT2D eigenvalue weighted by Gasteiger charge is 2.25. The third-order valence-electron chi connectivity index (χ3n) is 3.56. The van der Waals surface area contributed by atoms with Gasteiger partial charge < -0.3 is 15.2 Å². The molecule has 1 aliphatic heterocycles. The first-order valence-corrected chi connectivity index (χ1v) is 11.0. The smallest absolute Gasteiger partial charge is 0.264 e. The SMILES string of the molecule is CCOc1cc(/C=C2/SC(=Nc3cccc(Cl)c3Cl)NC2=O)c(Br)c(Br)c1O. The average Bonchev–Trinajstić information content (AvgIpc) is 3.00. The summed E-state index contributed by atoms with van der Waals surface area (Å²) in [4.78, 5) is 17.2. The molecule has 2 aromatic carbocycles. The van der Waals surface area contributed by atoms with Gasteiger partial charge in [-0.05, 0) is 80.4 Å². The number of nitrogens with zero attached hydrogens (tertiary/aromatic N) is 1. The van der Waals surface area contributed by atoms with Crippen LogP contribution in [-0.4, -0.2) is 22.8 Å². The maximum atomic E-state index is 12.4. The molecule has 0 saturated carbocycles. The topological polar surface area (TPSA) is 70.9 Å². The summed E-state index contributed by atoms with van der Waals surface area (Å²) in [7, 11) is 0. The number of hydrogen-bond acceptors (Lipinski definition) is 5. The molecule has 5 nitrogen and oxygen atoms in total. The van der Waals surface area contributed by atoms with Gasteiger partial charge in [0.25, 0.3) is 5.91 Å². The van der Waals surface area contributed by atoms with E-state index < -0.39 is 0 Å². The van der Waals surface area contributed by atoms with Crippen LogP contribution in [0.1, 0.15) is 12.5 Å². The van der Waals surface area contributed by atoms with Crippen LogP contribution in [0.25, 0.3) is 6.08 Å². The number of carbonyl (C=O) groups excluding carboxylic acids is 1. The summed E-state index contributed by atoms with van der Waals surface area (Å²) in [6.45, 7) is 2.21. The van der Waals surface area contributed by atoms with E-state index in [0.717, 1.165) is 0 Å². The third kappa shape index (κ3) is 4.52. The molecule has 1 heterocycles. The Kier molecular flexibility index (Phi) is 6.98. The van der Waals surface area contributed by atoms with E-state index in [2.05, 4.69) is 42.2 Å². The van der Waals surface area contributed by atoms with Crippen molar-refractivity contribution in [1.82, 2.24) is 5.32 Å². The van der Waals surface area contributed by atoms with Gasteiger partial charge in [0.1, 0.15) is 0 Å². The van der Waals surface area contributed by atoms with Crippen LogP contribution >= 0.6 is 66.8 Å². The fraction of sp³-hybridized carbons (Fsp3) is 0.111. The molecule has 0 aliphatic carbocycles. The lowest BCUT2D eigenvalue weighted by atomic mass is 10.2. The highest BCUT2D eigenvalue weighted by Crippen LogP contribution is 2.43. The summed E-state index contributed by atoms with van der Waals surface area (Å²) in [5.74, 6) is 0.000592. The molecule has 2 aromatic rings. The Hall–Kier alpha value is -1.19. The number of benzene rings is 2. The number of rotatable bonds is 4. The van der Waals surface area contributed by atoms with E-state index in [1.165, 1.54) is 11.8 Å². The summed E-state index contributed by atoms with van der Waals surface area (Å²) >= 11 is 20.1. The van der Waals surface area contributed by atoms with Crippen molar-refractivity contribution < 1.29 is 14.6 Å². The number of aromatic hydroxyl groups is 1. The number of phenols is 1. The number of nitrogens with one attached hydrogen (secondary N) is 1. The Bertz CT molecular complexity index is 1030. The van der Waals surface area contributed by atoms with Crippen molar-refractivity contribution >= 4 is 89.7 Å². The molecule has 0 bridgehead atoms. The minimum absolute atomic E-state index is 0.0164. The van der Waals surface area contributed by atoms with Crippen molar-refractivity contribution in [2.24, 2.45) is 4.99 Å². The molecule has 1 aliphatic rings. The number of amidine groups is 1. The van der Waals surface area contributed by atoms with Gasteiger partial charge in [-0.3, -0.25) is 4.79 Å². The molecule has 0 atom stereocenters. The number of aliphatic imine (C=N–C) groups is 1. The molecular formula is C18H12Br2Cl2N2O3S. The predicted octanol–water partition coefficient (Wildman–Crippen LogP) is 6.51. The van der Waals surface area contributed by atoms with Gasteiger partial charge in [-0.1, -0.05) is 29.3 Å². The lowest BCUT2D eigenvalue weighted by Gasteiger charge is -2.11. The molecule has 3 rings (SSSR count). The van der Waals surface area contributed by atoms with Gasteiger partial charge in [0, 0.05) is 4.47 Å². The molecule has 2 N–H and O–H groups in total. The normalized spacial score (nSPS) is 16.7. The zero-order valence-corrected chi connectivity index (χ0v) is 19.7. The van der Waals surface area contributed by atoms with Crippen LogP contribution in [0.3, 0.4) is 0 Å². The summed E-state index contributed by atoms with van der Waals surface area (Å²) in [6.07, 6.45) is 1.68. The van der Waals surface area contributed by atoms with Gasteiger partial charge in [0.15, 0.2) is 16.7 Å². The molecule has 146 valence electrons. The fourth-order valence-electron chi connectivity index (χ4n) is 2.29. The van der Waals surface area contributed by atoms with E-state index in [0.29, 0.717) is 52.7 Å². The number of hydrogen-bond donors (Lipinski definition) is 2. The number of halogens is 4. The van der Waals surface area contributed by atoms with E-state index in [4.69, 9.17) is 27.9 Å².